The molecule has 2 atom stereocenters. The number of rotatable bonds is 5. The molecule has 2 rings (SSSR count). The van der Waals surface area contributed by atoms with E-state index in [1.807, 2.05) is 0 Å². The Hall–Kier alpha value is -0.570. The van der Waals surface area contributed by atoms with E-state index >= 15 is 0 Å². The first-order valence-electron chi connectivity index (χ1n) is 7.05. The summed E-state index contributed by atoms with van der Waals surface area (Å²) in [7, 11) is 0. The molecule has 17 heavy (non-hydrogen) atoms. The summed E-state index contributed by atoms with van der Waals surface area (Å²) in [5.74, 6) is 0.871. The summed E-state index contributed by atoms with van der Waals surface area (Å²) >= 11 is 0. The topological polar surface area (TPSA) is 40.5 Å². The maximum atomic E-state index is 11.0. The molecule has 2 aliphatic carbocycles. The van der Waals surface area contributed by atoms with E-state index in [1.165, 1.54) is 38.5 Å². The van der Waals surface area contributed by atoms with Gasteiger partial charge in [-0.3, -0.25) is 9.69 Å². The van der Waals surface area contributed by atoms with E-state index in [2.05, 4.69) is 18.7 Å². The summed E-state index contributed by atoms with van der Waals surface area (Å²) in [5, 5.41) is 9.02. The van der Waals surface area contributed by atoms with Crippen LogP contribution in [-0.4, -0.2) is 34.6 Å². The van der Waals surface area contributed by atoms with Crippen LogP contribution in [0.25, 0.3) is 0 Å². The minimum atomic E-state index is -0.663. The van der Waals surface area contributed by atoms with Crippen LogP contribution in [0.3, 0.4) is 0 Å². The van der Waals surface area contributed by atoms with Gasteiger partial charge < -0.3 is 5.11 Å². The van der Waals surface area contributed by atoms with Gasteiger partial charge in [0.1, 0.15) is 0 Å². The predicted octanol–water partition coefficient (Wildman–Crippen LogP) is 2.75. The van der Waals surface area contributed by atoms with Crippen molar-refractivity contribution in [2.75, 3.05) is 6.54 Å². The molecule has 0 spiro atoms. The lowest BCUT2D eigenvalue weighted by Gasteiger charge is -2.38. The first kappa shape index (κ1) is 12.9. The van der Waals surface area contributed by atoms with Gasteiger partial charge in [-0.2, -0.15) is 0 Å². The molecule has 0 saturated heterocycles. The van der Waals surface area contributed by atoms with Crippen molar-refractivity contribution in [1.82, 2.24) is 4.90 Å². The molecule has 0 heterocycles. The van der Waals surface area contributed by atoms with E-state index in [-0.39, 0.29) is 6.54 Å². The molecule has 1 N–H and O–H groups in total. The Bertz CT molecular complexity index is 273. The molecule has 2 fully saturated rings. The van der Waals surface area contributed by atoms with Crippen LogP contribution in [0.2, 0.25) is 0 Å². The van der Waals surface area contributed by atoms with Crippen LogP contribution < -0.4 is 0 Å². The zero-order valence-electron chi connectivity index (χ0n) is 11.1. The number of aliphatic carboxylic acids is 1. The molecule has 2 aliphatic rings. The second-order valence-electron chi connectivity index (χ2n) is 6.12. The Balaban J connectivity index is 1.95. The van der Waals surface area contributed by atoms with Crippen molar-refractivity contribution in [2.24, 2.45) is 11.8 Å². The molecule has 98 valence electrons. The van der Waals surface area contributed by atoms with Gasteiger partial charge in [0, 0.05) is 12.1 Å². The van der Waals surface area contributed by atoms with E-state index in [9.17, 15) is 4.79 Å². The van der Waals surface area contributed by atoms with Crippen molar-refractivity contribution in [3.8, 4) is 0 Å². The highest BCUT2D eigenvalue weighted by molar-refractivity contribution is 5.69. The largest absolute Gasteiger partial charge is 0.480 e. The van der Waals surface area contributed by atoms with E-state index in [0.717, 1.165) is 11.8 Å². The van der Waals surface area contributed by atoms with E-state index in [4.69, 9.17) is 5.11 Å². The number of carboxylic acids is 1. The molecule has 0 amide bonds. The SMILES string of the molecule is CC(C)C1CCCC(N(CC(=O)O)C2CC2)C1. The third-order valence-corrected chi connectivity index (χ3v) is 4.43. The Morgan fingerprint density at radius 2 is 1.94 bits per heavy atom. The fourth-order valence-corrected chi connectivity index (χ4v) is 3.23. The van der Waals surface area contributed by atoms with Gasteiger partial charge in [0.25, 0.3) is 0 Å². The highest BCUT2D eigenvalue weighted by atomic mass is 16.4. The zero-order chi connectivity index (χ0) is 12.4. The molecular weight excluding hydrogens is 214 g/mol. The second-order valence-corrected chi connectivity index (χ2v) is 6.12. The molecular formula is C14H25NO2. The lowest BCUT2D eigenvalue weighted by atomic mass is 9.78. The highest BCUT2D eigenvalue weighted by Gasteiger charge is 2.37. The number of carbonyl (C=O) groups is 1. The molecule has 3 heteroatoms. The van der Waals surface area contributed by atoms with Crippen molar-refractivity contribution in [3.05, 3.63) is 0 Å². The summed E-state index contributed by atoms with van der Waals surface area (Å²) in [5.41, 5.74) is 0. The molecule has 0 aromatic heterocycles. The van der Waals surface area contributed by atoms with Crippen LogP contribution in [0.15, 0.2) is 0 Å². The van der Waals surface area contributed by atoms with Gasteiger partial charge in [0.15, 0.2) is 0 Å². The van der Waals surface area contributed by atoms with Crippen molar-refractivity contribution < 1.29 is 9.90 Å². The number of carboxylic acid groups (broad SMARTS) is 1. The van der Waals surface area contributed by atoms with Crippen LogP contribution in [0.1, 0.15) is 52.4 Å². The summed E-state index contributed by atoms with van der Waals surface area (Å²) in [6, 6.07) is 1.10. The van der Waals surface area contributed by atoms with E-state index < -0.39 is 5.97 Å². The van der Waals surface area contributed by atoms with Crippen LogP contribution >= 0.6 is 0 Å². The zero-order valence-corrected chi connectivity index (χ0v) is 11.1. The Labute approximate surface area is 104 Å². The fourth-order valence-electron chi connectivity index (χ4n) is 3.23. The molecule has 2 unspecified atom stereocenters. The quantitative estimate of drug-likeness (QED) is 0.802. The Morgan fingerprint density at radius 3 is 2.47 bits per heavy atom. The minimum Gasteiger partial charge on any atom is -0.480 e. The second kappa shape index (κ2) is 5.38. The molecule has 0 bridgehead atoms. The van der Waals surface area contributed by atoms with Crippen LogP contribution in [0, 0.1) is 11.8 Å². The van der Waals surface area contributed by atoms with Crippen molar-refractivity contribution in [2.45, 2.75) is 64.5 Å². The molecule has 0 aromatic rings. The number of nitrogens with zero attached hydrogens (tertiary/aromatic N) is 1. The summed E-state index contributed by atoms with van der Waals surface area (Å²) in [6.45, 7) is 4.84. The molecule has 0 aromatic carbocycles. The van der Waals surface area contributed by atoms with Crippen molar-refractivity contribution >= 4 is 5.97 Å². The van der Waals surface area contributed by atoms with E-state index in [0.29, 0.717) is 12.1 Å². The first-order valence-corrected chi connectivity index (χ1v) is 7.05. The smallest absolute Gasteiger partial charge is 0.317 e. The molecule has 2 saturated carbocycles. The average molecular weight is 239 g/mol. The van der Waals surface area contributed by atoms with Gasteiger partial charge in [0.2, 0.25) is 0 Å². The van der Waals surface area contributed by atoms with Gasteiger partial charge in [-0.05, 0) is 37.5 Å². The van der Waals surface area contributed by atoms with Crippen molar-refractivity contribution in [3.63, 3.8) is 0 Å². The lowest BCUT2D eigenvalue weighted by molar-refractivity contribution is -0.139. The van der Waals surface area contributed by atoms with Gasteiger partial charge in [-0.1, -0.05) is 26.7 Å². The van der Waals surface area contributed by atoms with Gasteiger partial charge in [-0.25, -0.2) is 0 Å². The van der Waals surface area contributed by atoms with Gasteiger partial charge >= 0.3 is 5.97 Å². The Morgan fingerprint density at radius 1 is 1.24 bits per heavy atom. The summed E-state index contributed by atoms with van der Waals surface area (Å²) in [4.78, 5) is 13.2. The maximum absolute atomic E-state index is 11.0. The predicted molar refractivity (Wildman–Crippen MR) is 67.9 cm³/mol. The number of hydrogen-bond donors (Lipinski definition) is 1. The first-order chi connectivity index (χ1) is 8.08. The van der Waals surface area contributed by atoms with E-state index in [1.54, 1.807) is 0 Å². The average Bonchev–Trinajstić information content (AvgIpc) is 3.09. The molecule has 3 nitrogen and oxygen atoms in total. The van der Waals surface area contributed by atoms with Gasteiger partial charge in [0.05, 0.1) is 6.54 Å². The highest BCUT2D eigenvalue weighted by Crippen LogP contribution is 2.37. The summed E-state index contributed by atoms with van der Waals surface area (Å²) in [6.07, 6.45) is 7.43. The summed E-state index contributed by atoms with van der Waals surface area (Å²) < 4.78 is 0. The third-order valence-electron chi connectivity index (χ3n) is 4.43. The monoisotopic (exact) mass is 239 g/mol. The van der Waals surface area contributed by atoms with Crippen LogP contribution in [-0.2, 0) is 4.79 Å². The fraction of sp³-hybridized carbons (Fsp3) is 0.929. The molecule has 0 radical (unpaired) electrons. The number of hydrogen-bond acceptors (Lipinski definition) is 2. The molecule has 0 aliphatic heterocycles. The van der Waals surface area contributed by atoms with Crippen molar-refractivity contribution in [1.29, 1.82) is 0 Å². The van der Waals surface area contributed by atoms with Crippen LogP contribution in [0.5, 0.6) is 0 Å². The third kappa shape index (κ3) is 3.44. The standard InChI is InChI=1S/C14H25NO2/c1-10(2)11-4-3-5-13(8-11)15(9-14(16)17)12-6-7-12/h10-13H,3-9H2,1-2H3,(H,16,17). The Kier molecular flexibility index (Phi) is 4.08. The van der Waals surface area contributed by atoms with Gasteiger partial charge in [-0.15, -0.1) is 0 Å². The maximum Gasteiger partial charge on any atom is 0.317 e. The lowest BCUT2D eigenvalue weighted by Crippen LogP contribution is -2.43. The minimum absolute atomic E-state index is 0.250. The van der Waals surface area contributed by atoms with Crippen LogP contribution in [0.4, 0.5) is 0 Å². The normalized spacial score (nSPS) is 29.9.